The second-order valence-electron chi connectivity index (χ2n) is 6.98. The Hall–Kier alpha value is -2.61. The Morgan fingerprint density at radius 2 is 2.15 bits per heavy atom. The van der Waals surface area contributed by atoms with Crippen molar-refractivity contribution in [2.45, 2.75) is 45.4 Å². The number of allylic oxidation sites excluding steroid dienone is 1. The van der Waals surface area contributed by atoms with Gasteiger partial charge in [-0.1, -0.05) is 0 Å². The number of halogens is 1. The molecular formula is C19H28FN5O2. The number of nitrogens with one attached hydrogen (secondary N) is 1. The Morgan fingerprint density at radius 3 is 2.67 bits per heavy atom. The maximum atomic E-state index is 14.0. The number of aliphatic hydroxyl groups is 1. The highest BCUT2D eigenvalue weighted by atomic mass is 19.1. The van der Waals surface area contributed by atoms with Crippen molar-refractivity contribution in [3.05, 3.63) is 35.3 Å². The summed E-state index contributed by atoms with van der Waals surface area (Å²) >= 11 is 0. The summed E-state index contributed by atoms with van der Waals surface area (Å²) in [5.41, 5.74) is 12.5. The molecule has 0 aliphatic carbocycles. The van der Waals surface area contributed by atoms with E-state index in [9.17, 15) is 9.50 Å². The molecule has 1 aromatic carbocycles. The van der Waals surface area contributed by atoms with Crippen molar-refractivity contribution in [3.8, 4) is 5.75 Å². The Balaban J connectivity index is 2.32. The van der Waals surface area contributed by atoms with E-state index in [0.717, 1.165) is 6.07 Å². The van der Waals surface area contributed by atoms with Crippen molar-refractivity contribution >= 4 is 17.2 Å². The number of nitrogen functional groups attached to an aromatic ring is 1. The lowest BCUT2D eigenvalue weighted by molar-refractivity contribution is 0.188. The van der Waals surface area contributed by atoms with Crippen LogP contribution in [-0.4, -0.2) is 53.4 Å². The zero-order valence-corrected chi connectivity index (χ0v) is 16.2. The summed E-state index contributed by atoms with van der Waals surface area (Å²) in [6.07, 6.45) is 1.57. The topological polar surface area (TPSA) is 121 Å². The van der Waals surface area contributed by atoms with E-state index in [1.807, 2.05) is 11.8 Å². The van der Waals surface area contributed by atoms with Crippen molar-refractivity contribution < 1.29 is 14.2 Å². The Bertz CT molecular complexity index is 776. The van der Waals surface area contributed by atoms with Crippen LogP contribution in [0.1, 0.15) is 32.8 Å². The van der Waals surface area contributed by atoms with Crippen LogP contribution in [-0.2, 0) is 0 Å². The molecule has 6 N–H and O–H groups in total. The van der Waals surface area contributed by atoms with Crippen LogP contribution < -0.4 is 16.2 Å². The molecule has 1 aliphatic heterocycles. The first-order valence-electron chi connectivity index (χ1n) is 8.87. The number of ether oxygens (including phenoxy) is 1. The standard InChI is InChI=1S/C19H28FN5O2/c1-10(2)27-17-6-13(15(21)7-14(17)20)19(23)16(22)8-18(24-4)25-9-12(26)5-11(25)3/h6-8,10-12,23,26H,5,9,21-22H2,1-4H3. The average Bonchev–Trinajstić information content (AvgIpc) is 2.92. The highest BCUT2D eigenvalue weighted by Gasteiger charge is 2.29. The summed E-state index contributed by atoms with van der Waals surface area (Å²) < 4.78 is 19.5. The quantitative estimate of drug-likeness (QED) is 0.355. The van der Waals surface area contributed by atoms with Crippen LogP contribution in [0.5, 0.6) is 5.75 Å². The largest absolute Gasteiger partial charge is 0.488 e. The van der Waals surface area contributed by atoms with Gasteiger partial charge in [-0.2, -0.15) is 0 Å². The lowest BCUT2D eigenvalue weighted by atomic mass is 10.0. The summed E-state index contributed by atoms with van der Waals surface area (Å²) in [5, 5.41) is 18.2. The molecule has 1 aromatic rings. The number of hydrogen-bond acceptors (Lipinski definition) is 6. The van der Waals surface area contributed by atoms with E-state index in [-0.39, 0.29) is 40.6 Å². The fraction of sp³-hybridized carbons (Fsp3) is 0.474. The third kappa shape index (κ3) is 4.77. The number of rotatable bonds is 5. The Kier molecular flexibility index (Phi) is 6.43. The van der Waals surface area contributed by atoms with Gasteiger partial charge in [0.2, 0.25) is 0 Å². The van der Waals surface area contributed by atoms with Gasteiger partial charge in [0.15, 0.2) is 11.6 Å². The summed E-state index contributed by atoms with van der Waals surface area (Å²) in [4.78, 5) is 6.16. The minimum atomic E-state index is -0.587. The van der Waals surface area contributed by atoms with Gasteiger partial charge >= 0.3 is 0 Å². The monoisotopic (exact) mass is 377 g/mol. The van der Waals surface area contributed by atoms with Crippen LogP contribution in [0.25, 0.3) is 0 Å². The molecular weight excluding hydrogens is 349 g/mol. The van der Waals surface area contributed by atoms with E-state index in [2.05, 4.69) is 4.99 Å². The highest BCUT2D eigenvalue weighted by Crippen LogP contribution is 2.27. The molecule has 148 valence electrons. The van der Waals surface area contributed by atoms with E-state index in [1.165, 1.54) is 6.07 Å². The summed E-state index contributed by atoms with van der Waals surface area (Å²) in [7, 11) is 1.63. The number of nitrogens with two attached hydrogens (primary N) is 2. The molecule has 27 heavy (non-hydrogen) atoms. The maximum absolute atomic E-state index is 14.0. The fourth-order valence-electron chi connectivity index (χ4n) is 3.09. The van der Waals surface area contributed by atoms with Gasteiger partial charge in [0.25, 0.3) is 0 Å². The van der Waals surface area contributed by atoms with Crippen molar-refractivity contribution in [1.82, 2.24) is 4.90 Å². The SMILES string of the molecule is CN=C(C=C(N)C(=N)c1cc(OC(C)C)c(F)cc1N)N1CC(O)CC1C. The molecule has 1 aliphatic rings. The maximum Gasteiger partial charge on any atom is 0.167 e. The van der Waals surface area contributed by atoms with Gasteiger partial charge in [0.05, 0.1) is 23.6 Å². The lowest BCUT2D eigenvalue weighted by Crippen LogP contribution is -2.34. The van der Waals surface area contributed by atoms with Gasteiger partial charge in [0.1, 0.15) is 5.84 Å². The molecule has 1 saturated heterocycles. The van der Waals surface area contributed by atoms with Crippen LogP contribution in [0.2, 0.25) is 0 Å². The van der Waals surface area contributed by atoms with Crippen molar-refractivity contribution in [1.29, 1.82) is 5.41 Å². The lowest BCUT2D eigenvalue weighted by Gasteiger charge is -2.23. The summed E-state index contributed by atoms with van der Waals surface area (Å²) in [5.74, 6) is 0.00375. The molecule has 0 amide bonds. The van der Waals surface area contributed by atoms with Gasteiger partial charge < -0.3 is 26.2 Å². The van der Waals surface area contributed by atoms with Crippen LogP contribution in [0.15, 0.2) is 28.9 Å². The number of aliphatic imine (C=N–C) groups is 1. The molecule has 2 rings (SSSR count). The predicted octanol–water partition coefficient (Wildman–Crippen LogP) is 1.89. The smallest absolute Gasteiger partial charge is 0.167 e. The Labute approximate surface area is 159 Å². The first-order chi connectivity index (χ1) is 12.6. The van der Waals surface area contributed by atoms with Crippen molar-refractivity contribution in [3.63, 3.8) is 0 Å². The number of benzene rings is 1. The van der Waals surface area contributed by atoms with Gasteiger partial charge in [-0.15, -0.1) is 0 Å². The zero-order chi connectivity index (χ0) is 20.3. The molecule has 8 heteroatoms. The fourth-order valence-corrected chi connectivity index (χ4v) is 3.09. The first kappa shape index (κ1) is 20.7. The van der Waals surface area contributed by atoms with Gasteiger partial charge in [-0.25, -0.2) is 4.39 Å². The molecule has 2 atom stereocenters. The van der Waals surface area contributed by atoms with Crippen LogP contribution >= 0.6 is 0 Å². The molecule has 0 bridgehead atoms. The number of hydrogen-bond donors (Lipinski definition) is 4. The predicted molar refractivity (Wildman–Crippen MR) is 106 cm³/mol. The van der Waals surface area contributed by atoms with Gasteiger partial charge in [-0.05, 0) is 33.3 Å². The van der Waals surface area contributed by atoms with E-state index >= 15 is 0 Å². The zero-order valence-electron chi connectivity index (χ0n) is 16.2. The second kappa shape index (κ2) is 8.39. The third-order valence-electron chi connectivity index (χ3n) is 4.39. The van der Waals surface area contributed by atoms with E-state index in [0.29, 0.717) is 18.8 Å². The molecule has 1 fully saturated rings. The Morgan fingerprint density at radius 1 is 1.48 bits per heavy atom. The third-order valence-corrected chi connectivity index (χ3v) is 4.39. The molecule has 7 nitrogen and oxygen atoms in total. The number of nitrogens with zero attached hydrogens (tertiary/aromatic N) is 2. The molecule has 0 radical (unpaired) electrons. The number of aliphatic hydroxyl groups excluding tert-OH is 1. The van der Waals surface area contributed by atoms with Crippen LogP contribution in [0, 0.1) is 11.2 Å². The highest BCUT2D eigenvalue weighted by molar-refractivity contribution is 6.16. The normalized spacial score (nSPS) is 21.1. The van der Waals surface area contributed by atoms with Gasteiger partial charge in [-0.3, -0.25) is 10.4 Å². The number of β-amino-alcohol motifs (C(OH)–C–C–N with tert-alkyl or cyclic N) is 1. The molecule has 2 unspecified atom stereocenters. The van der Waals surface area contributed by atoms with Gasteiger partial charge in [0, 0.05) is 43.0 Å². The summed E-state index contributed by atoms with van der Waals surface area (Å²) in [6, 6.07) is 2.63. The second-order valence-corrected chi connectivity index (χ2v) is 6.98. The van der Waals surface area contributed by atoms with Crippen LogP contribution in [0.4, 0.5) is 10.1 Å². The summed E-state index contributed by atoms with van der Waals surface area (Å²) in [6.45, 7) is 6.01. The van der Waals surface area contributed by atoms with Crippen molar-refractivity contribution in [2.75, 3.05) is 19.3 Å². The minimum Gasteiger partial charge on any atom is -0.488 e. The van der Waals surface area contributed by atoms with E-state index in [1.54, 1.807) is 27.0 Å². The molecule has 0 saturated carbocycles. The molecule has 0 aromatic heterocycles. The minimum absolute atomic E-state index is 0.0208. The van der Waals surface area contributed by atoms with Crippen molar-refractivity contribution in [2.24, 2.45) is 10.7 Å². The first-order valence-corrected chi connectivity index (χ1v) is 8.87. The molecule has 0 spiro atoms. The van der Waals surface area contributed by atoms with Crippen LogP contribution in [0.3, 0.4) is 0 Å². The molecule has 1 heterocycles. The average molecular weight is 377 g/mol. The number of anilines is 1. The number of amidine groups is 1. The van der Waals surface area contributed by atoms with E-state index < -0.39 is 11.9 Å². The van der Waals surface area contributed by atoms with E-state index in [4.69, 9.17) is 21.6 Å². The number of likely N-dealkylation sites (tertiary alicyclic amines) is 1.